The molecule has 3 aromatic rings. The lowest BCUT2D eigenvalue weighted by atomic mass is 10.2. The van der Waals surface area contributed by atoms with Crippen LogP contribution in [0.4, 0.5) is 40.7 Å². The fourth-order valence-corrected chi connectivity index (χ4v) is 3.26. The number of anilines is 3. The first-order valence-electron chi connectivity index (χ1n) is 10.4. The maximum atomic E-state index is 14.5. The van der Waals surface area contributed by atoms with Crippen molar-refractivity contribution >= 4 is 23.1 Å². The molecule has 0 radical (unpaired) electrons. The van der Waals surface area contributed by atoms with E-state index >= 15 is 0 Å². The summed E-state index contributed by atoms with van der Waals surface area (Å²) in [6, 6.07) is 8.24. The predicted octanol–water partition coefficient (Wildman–Crippen LogP) is 5.20. The smallest absolute Gasteiger partial charge is 0.378 e. The number of rotatable bonds is 6. The number of alkyl halides is 3. The van der Waals surface area contributed by atoms with E-state index in [1.807, 2.05) is 0 Å². The molecule has 2 aromatic heterocycles. The molecule has 1 aliphatic heterocycles. The van der Waals surface area contributed by atoms with Crippen molar-refractivity contribution in [2.45, 2.75) is 19.6 Å². The second-order valence-electron chi connectivity index (χ2n) is 7.49. The highest BCUT2D eigenvalue weighted by Gasteiger charge is 2.30. The molecule has 0 amide bonds. The molecule has 1 aromatic carbocycles. The number of morpholine rings is 1. The quantitative estimate of drug-likeness (QED) is 0.389. The van der Waals surface area contributed by atoms with E-state index in [2.05, 4.69) is 30.5 Å². The van der Waals surface area contributed by atoms with Crippen LogP contribution in [0.5, 0.6) is 0 Å². The van der Waals surface area contributed by atoms with Crippen LogP contribution in [0.25, 0.3) is 0 Å². The topological polar surface area (TPSA) is 87.9 Å². The first-order valence-corrected chi connectivity index (χ1v) is 10.4. The van der Waals surface area contributed by atoms with Gasteiger partial charge in [0.15, 0.2) is 11.6 Å². The second kappa shape index (κ2) is 10.1. The van der Waals surface area contributed by atoms with E-state index in [0.29, 0.717) is 43.4 Å². The molecule has 0 atom stereocenters. The number of azo groups is 1. The third-order valence-corrected chi connectivity index (χ3v) is 4.99. The molecule has 34 heavy (non-hydrogen) atoms. The van der Waals surface area contributed by atoms with Gasteiger partial charge in [0.2, 0.25) is 0 Å². The van der Waals surface area contributed by atoms with E-state index in [4.69, 9.17) is 4.74 Å². The average Bonchev–Trinajstić information content (AvgIpc) is 2.82. The van der Waals surface area contributed by atoms with Crippen molar-refractivity contribution in [1.82, 2.24) is 15.0 Å². The summed E-state index contributed by atoms with van der Waals surface area (Å²) in [5.41, 5.74) is 0.827. The Morgan fingerprint density at radius 3 is 2.59 bits per heavy atom. The van der Waals surface area contributed by atoms with Crippen LogP contribution in [-0.4, -0.2) is 41.3 Å². The zero-order valence-electron chi connectivity index (χ0n) is 18.2. The molecule has 0 unspecified atom stereocenters. The van der Waals surface area contributed by atoms with Crippen molar-refractivity contribution in [2.24, 2.45) is 10.2 Å². The fourth-order valence-electron chi connectivity index (χ4n) is 3.26. The maximum Gasteiger partial charge on any atom is 0.416 e. The third-order valence-electron chi connectivity index (χ3n) is 4.99. The fraction of sp³-hybridized carbons (Fsp3) is 0.318. The average molecular weight is 475 g/mol. The minimum Gasteiger partial charge on any atom is -0.378 e. The van der Waals surface area contributed by atoms with Crippen LogP contribution in [0.15, 0.2) is 52.8 Å². The summed E-state index contributed by atoms with van der Waals surface area (Å²) in [6.07, 6.45) is -2.93. The molecule has 1 fully saturated rings. The molecular weight excluding hydrogens is 454 g/mol. The number of pyridine rings is 1. The number of halogens is 4. The minimum absolute atomic E-state index is 0.0447. The number of aryl methyl sites for hydroxylation is 1. The van der Waals surface area contributed by atoms with Gasteiger partial charge in [0.05, 0.1) is 42.0 Å². The Morgan fingerprint density at radius 1 is 1.09 bits per heavy atom. The van der Waals surface area contributed by atoms with Gasteiger partial charge in [-0.3, -0.25) is 4.98 Å². The van der Waals surface area contributed by atoms with Gasteiger partial charge in [-0.15, -0.1) is 5.11 Å². The van der Waals surface area contributed by atoms with Crippen LogP contribution in [0.1, 0.15) is 17.0 Å². The molecule has 8 nitrogen and oxygen atoms in total. The Balaban J connectivity index is 1.40. The standard InChI is InChI=1S/C22H21F4N7O/c1-14-19(23)20(33-7-9-34-10-8-33)31-21(29-14)32-28-13-17-5-6-18(12-27-17)30-16-4-2-3-15(11-16)22(24,25)26/h2-6,11-12,30H,7-10,13H2,1H3. The lowest BCUT2D eigenvalue weighted by molar-refractivity contribution is -0.137. The van der Waals surface area contributed by atoms with Crippen molar-refractivity contribution in [1.29, 1.82) is 0 Å². The SMILES string of the molecule is Cc1nc(N=NCc2ccc(Nc3cccc(C(F)(F)F)c3)cn2)nc(N2CCOCC2)c1F. The molecule has 0 bridgehead atoms. The van der Waals surface area contributed by atoms with E-state index in [-0.39, 0.29) is 24.0 Å². The summed E-state index contributed by atoms with van der Waals surface area (Å²) in [6.45, 7) is 3.69. The van der Waals surface area contributed by atoms with Gasteiger partial charge in [0.25, 0.3) is 5.95 Å². The van der Waals surface area contributed by atoms with E-state index in [1.54, 1.807) is 17.0 Å². The summed E-state index contributed by atoms with van der Waals surface area (Å²) < 4.78 is 58.4. The number of aromatic nitrogens is 3. The van der Waals surface area contributed by atoms with Crippen LogP contribution >= 0.6 is 0 Å². The van der Waals surface area contributed by atoms with E-state index in [0.717, 1.165) is 12.1 Å². The van der Waals surface area contributed by atoms with Crippen LogP contribution in [-0.2, 0) is 17.5 Å². The monoisotopic (exact) mass is 475 g/mol. The zero-order chi connectivity index (χ0) is 24.1. The van der Waals surface area contributed by atoms with Crippen molar-refractivity contribution < 1.29 is 22.3 Å². The Labute approximate surface area is 192 Å². The molecule has 1 N–H and O–H groups in total. The molecule has 1 aliphatic rings. The molecule has 4 rings (SSSR count). The van der Waals surface area contributed by atoms with Gasteiger partial charge in [-0.2, -0.15) is 23.3 Å². The maximum absolute atomic E-state index is 14.5. The molecule has 12 heteroatoms. The Bertz CT molecular complexity index is 1160. The molecule has 3 heterocycles. The molecule has 178 valence electrons. The number of benzene rings is 1. The number of ether oxygens (including phenoxy) is 1. The summed E-state index contributed by atoms with van der Waals surface area (Å²) in [7, 11) is 0. The van der Waals surface area contributed by atoms with Crippen molar-refractivity contribution in [3.05, 3.63) is 65.4 Å². The normalized spacial score (nSPS) is 14.6. The van der Waals surface area contributed by atoms with E-state index < -0.39 is 17.6 Å². The molecule has 1 saturated heterocycles. The van der Waals surface area contributed by atoms with E-state index in [1.165, 1.54) is 25.3 Å². The lowest BCUT2D eigenvalue weighted by Gasteiger charge is -2.28. The summed E-state index contributed by atoms with van der Waals surface area (Å²) in [5.74, 6) is -0.275. The third kappa shape index (κ3) is 5.81. The van der Waals surface area contributed by atoms with Crippen LogP contribution < -0.4 is 10.2 Å². The van der Waals surface area contributed by atoms with Crippen molar-refractivity contribution in [3.8, 4) is 0 Å². The van der Waals surface area contributed by atoms with Gasteiger partial charge in [-0.25, -0.2) is 9.37 Å². The molecule has 0 saturated carbocycles. The van der Waals surface area contributed by atoms with E-state index in [9.17, 15) is 17.6 Å². The molecule has 0 spiro atoms. The lowest BCUT2D eigenvalue weighted by Crippen LogP contribution is -2.37. The van der Waals surface area contributed by atoms with Crippen molar-refractivity contribution in [2.75, 3.05) is 36.5 Å². The summed E-state index contributed by atoms with van der Waals surface area (Å²) in [4.78, 5) is 14.2. The first-order chi connectivity index (χ1) is 16.3. The van der Waals surface area contributed by atoms with Crippen molar-refractivity contribution in [3.63, 3.8) is 0 Å². The Kier molecular flexibility index (Phi) is 6.96. The Hall–Kier alpha value is -3.67. The van der Waals surface area contributed by atoms with Gasteiger partial charge in [-0.1, -0.05) is 6.07 Å². The van der Waals surface area contributed by atoms with Crippen LogP contribution in [0.2, 0.25) is 0 Å². The number of hydrogen-bond donors (Lipinski definition) is 1. The minimum atomic E-state index is -4.42. The van der Waals surface area contributed by atoms with Crippen LogP contribution in [0.3, 0.4) is 0 Å². The summed E-state index contributed by atoms with van der Waals surface area (Å²) >= 11 is 0. The highest BCUT2D eigenvalue weighted by Crippen LogP contribution is 2.31. The Morgan fingerprint density at radius 2 is 1.88 bits per heavy atom. The first kappa shape index (κ1) is 23.5. The number of hydrogen-bond acceptors (Lipinski definition) is 8. The largest absolute Gasteiger partial charge is 0.416 e. The predicted molar refractivity (Wildman–Crippen MR) is 117 cm³/mol. The van der Waals surface area contributed by atoms with Gasteiger partial charge in [0.1, 0.15) is 6.54 Å². The number of nitrogens with zero attached hydrogens (tertiary/aromatic N) is 6. The highest BCUT2D eigenvalue weighted by molar-refractivity contribution is 5.59. The molecule has 0 aliphatic carbocycles. The highest BCUT2D eigenvalue weighted by atomic mass is 19.4. The van der Waals surface area contributed by atoms with Gasteiger partial charge in [0, 0.05) is 18.8 Å². The summed E-state index contributed by atoms with van der Waals surface area (Å²) in [5, 5.41) is 10.9. The zero-order valence-corrected chi connectivity index (χ0v) is 18.2. The number of nitrogens with one attached hydrogen (secondary N) is 1. The van der Waals surface area contributed by atoms with Gasteiger partial charge < -0.3 is 15.0 Å². The van der Waals surface area contributed by atoms with Crippen LogP contribution in [0, 0.1) is 12.7 Å². The molecular formula is C22H21F4N7O. The second-order valence-corrected chi connectivity index (χ2v) is 7.49. The van der Waals surface area contributed by atoms with Gasteiger partial charge >= 0.3 is 6.18 Å². The van der Waals surface area contributed by atoms with Gasteiger partial charge in [-0.05, 0) is 37.3 Å².